The van der Waals surface area contributed by atoms with Crippen molar-refractivity contribution < 1.29 is 14.3 Å². The number of aryl methyl sites for hydroxylation is 1. The molecule has 26 heavy (non-hydrogen) atoms. The molecule has 0 aromatic heterocycles. The number of hydrogen-bond acceptors (Lipinski definition) is 3. The first-order valence-electron chi connectivity index (χ1n) is 8.81. The largest absolute Gasteiger partial charge is 0.383 e. The Morgan fingerprint density at radius 2 is 1.77 bits per heavy atom. The lowest BCUT2D eigenvalue weighted by atomic mass is 9.94. The maximum absolute atomic E-state index is 12.5. The van der Waals surface area contributed by atoms with Gasteiger partial charge in [-0.3, -0.25) is 9.59 Å². The first-order chi connectivity index (χ1) is 12.6. The second kappa shape index (κ2) is 7.70. The molecule has 0 atom stereocenters. The normalized spacial score (nSPS) is 14.5. The van der Waals surface area contributed by atoms with Gasteiger partial charge in [0.1, 0.15) is 0 Å². The smallest absolute Gasteiger partial charge is 0.255 e. The van der Waals surface area contributed by atoms with E-state index in [4.69, 9.17) is 4.74 Å². The van der Waals surface area contributed by atoms with Crippen LogP contribution >= 0.6 is 0 Å². The molecule has 1 fully saturated rings. The Bertz CT molecular complexity index is 795. The number of methoxy groups -OCH3 is 1. The number of nitrogens with one attached hydrogen (secondary N) is 2. The van der Waals surface area contributed by atoms with E-state index in [1.54, 1.807) is 7.11 Å². The highest BCUT2D eigenvalue weighted by atomic mass is 16.5. The molecule has 0 unspecified atom stereocenters. The number of benzene rings is 2. The van der Waals surface area contributed by atoms with Gasteiger partial charge in [0.15, 0.2) is 0 Å². The lowest BCUT2D eigenvalue weighted by molar-refractivity contribution is -0.123. The summed E-state index contributed by atoms with van der Waals surface area (Å²) in [6.45, 7) is 2.93. The Morgan fingerprint density at radius 3 is 2.38 bits per heavy atom. The molecule has 2 aromatic rings. The summed E-state index contributed by atoms with van der Waals surface area (Å²) >= 11 is 0. The summed E-state index contributed by atoms with van der Waals surface area (Å²) in [4.78, 5) is 24.8. The molecule has 3 rings (SSSR count). The molecule has 1 saturated carbocycles. The van der Waals surface area contributed by atoms with Gasteiger partial charge in [-0.1, -0.05) is 30.3 Å². The molecule has 2 aromatic carbocycles. The molecule has 0 heterocycles. The maximum atomic E-state index is 12.5. The van der Waals surface area contributed by atoms with Gasteiger partial charge in [0.05, 0.1) is 12.0 Å². The van der Waals surface area contributed by atoms with Crippen LogP contribution in [0.15, 0.2) is 48.5 Å². The van der Waals surface area contributed by atoms with E-state index in [2.05, 4.69) is 10.6 Å². The molecule has 0 aliphatic heterocycles. The van der Waals surface area contributed by atoms with E-state index in [0.717, 1.165) is 29.7 Å². The van der Waals surface area contributed by atoms with Crippen molar-refractivity contribution in [2.75, 3.05) is 25.6 Å². The van der Waals surface area contributed by atoms with Crippen LogP contribution in [0.5, 0.6) is 0 Å². The highest BCUT2D eigenvalue weighted by Gasteiger charge is 2.50. The van der Waals surface area contributed by atoms with E-state index < -0.39 is 5.41 Å². The Morgan fingerprint density at radius 1 is 1.08 bits per heavy atom. The van der Waals surface area contributed by atoms with Crippen LogP contribution in [0.25, 0.3) is 0 Å². The maximum Gasteiger partial charge on any atom is 0.255 e. The number of carbonyl (C=O) groups excluding carboxylic acids is 2. The van der Waals surface area contributed by atoms with Gasteiger partial charge in [0.2, 0.25) is 5.91 Å². The molecule has 0 radical (unpaired) electrons. The van der Waals surface area contributed by atoms with E-state index >= 15 is 0 Å². The number of carbonyl (C=O) groups is 2. The number of anilines is 1. The summed E-state index contributed by atoms with van der Waals surface area (Å²) in [7, 11) is 1.61. The van der Waals surface area contributed by atoms with Gasteiger partial charge in [0.25, 0.3) is 5.91 Å². The molecule has 1 aliphatic carbocycles. The number of hydrogen-bond donors (Lipinski definition) is 2. The molecule has 2 N–H and O–H groups in total. The lowest BCUT2D eigenvalue weighted by Gasteiger charge is -2.16. The Labute approximate surface area is 153 Å². The Kier molecular flexibility index (Phi) is 5.38. The first kappa shape index (κ1) is 18.1. The molecule has 2 amide bonds. The van der Waals surface area contributed by atoms with Crippen LogP contribution in [0.2, 0.25) is 0 Å². The zero-order chi connectivity index (χ0) is 18.6. The van der Waals surface area contributed by atoms with Crippen LogP contribution in [0, 0.1) is 6.92 Å². The molecule has 1 aliphatic rings. The molecule has 0 bridgehead atoms. The predicted octanol–water partition coefficient (Wildman–Crippen LogP) is 3.04. The van der Waals surface area contributed by atoms with E-state index in [-0.39, 0.29) is 11.8 Å². The average molecular weight is 352 g/mol. The third-order valence-corrected chi connectivity index (χ3v) is 4.86. The lowest BCUT2D eigenvalue weighted by Crippen LogP contribution is -2.36. The molecule has 0 saturated heterocycles. The van der Waals surface area contributed by atoms with Crippen LogP contribution in [-0.4, -0.2) is 32.1 Å². The van der Waals surface area contributed by atoms with Crippen molar-refractivity contribution in [2.45, 2.75) is 25.2 Å². The molecule has 5 heteroatoms. The minimum Gasteiger partial charge on any atom is -0.383 e. The van der Waals surface area contributed by atoms with Gasteiger partial charge in [-0.25, -0.2) is 0 Å². The quantitative estimate of drug-likeness (QED) is 0.753. The van der Waals surface area contributed by atoms with Crippen molar-refractivity contribution in [3.05, 3.63) is 65.2 Å². The van der Waals surface area contributed by atoms with Crippen molar-refractivity contribution in [1.29, 1.82) is 0 Å². The van der Waals surface area contributed by atoms with E-state index in [1.165, 1.54) is 0 Å². The highest BCUT2D eigenvalue weighted by Crippen LogP contribution is 2.48. The van der Waals surface area contributed by atoms with Gasteiger partial charge in [-0.05, 0) is 49.1 Å². The Balaban J connectivity index is 1.66. The standard InChI is InChI=1S/C21H24N2O3/c1-15-5-3-4-6-18(15)19(24)23-17-9-7-16(8-10-17)21(11-12-21)20(25)22-13-14-26-2/h3-10H,11-14H2,1-2H3,(H,22,25)(H,23,24). The SMILES string of the molecule is COCCNC(=O)C1(c2ccc(NC(=O)c3ccccc3C)cc2)CC1. The van der Waals surface area contributed by atoms with Crippen LogP contribution in [0.1, 0.15) is 34.3 Å². The average Bonchev–Trinajstić information content (AvgIpc) is 3.45. The number of rotatable bonds is 7. The highest BCUT2D eigenvalue weighted by molar-refractivity contribution is 6.05. The second-order valence-electron chi connectivity index (χ2n) is 6.68. The summed E-state index contributed by atoms with van der Waals surface area (Å²) in [6, 6.07) is 15.0. The fourth-order valence-electron chi connectivity index (χ4n) is 3.11. The summed E-state index contributed by atoms with van der Waals surface area (Å²) in [6.07, 6.45) is 1.70. The fraction of sp³-hybridized carbons (Fsp3) is 0.333. The minimum atomic E-state index is -0.424. The summed E-state index contributed by atoms with van der Waals surface area (Å²) in [5.74, 6) is -0.0828. The first-order valence-corrected chi connectivity index (χ1v) is 8.81. The Hall–Kier alpha value is -2.66. The zero-order valence-electron chi connectivity index (χ0n) is 15.2. The van der Waals surface area contributed by atoms with E-state index in [1.807, 2.05) is 55.5 Å². The van der Waals surface area contributed by atoms with E-state index in [0.29, 0.717) is 18.7 Å². The van der Waals surface area contributed by atoms with Crippen LogP contribution in [0.3, 0.4) is 0 Å². The van der Waals surface area contributed by atoms with Crippen molar-refractivity contribution in [3.8, 4) is 0 Å². The number of ether oxygens (including phenoxy) is 1. The van der Waals surface area contributed by atoms with E-state index in [9.17, 15) is 9.59 Å². The second-order valence-corrected chi connectivity index (χ2v) is 6.68. The van der Waals surface area contributed by atoms with Gasteiger partial charge in [0, 0.05) is 24.9 Å². The van der Waals surface area contributed by atoms with Gasteiger partial charge >= 0.3 is 0 Å². The molecule has 5 nitrogen and oxygen atoms in total. The minimum absolute atomic E-state index is 0.0474. The predicted molar refractivity (Wildman–Crippen MR) is 101 cm³/mol. The van der Waals surface area contributed by atoms with Gasteiger partial charge in [-0.2, -0.15) is 0 Å². The van der Waals surface area contributed by atoms with Crippen LogP contribution < -0.4 is 10.6 Å². The molecular weight excluding hydrogens is 328 g/mol. The van der Waals surface area contributed by atoms with Gasteiger partial charge < -0.3 is 15.4 Å². The van der Waals surface area contributed by atoms with Crippen molar-refractivity contribution in [1.82, 2.24) is 5.32 Å². The van der Waals surface area contributed by atoms with Gasteiger partial charge in [-0.15, -0.1) is 0 Å². The van der Waals surface area contributed by atoms with Crippen LogP contribution in [-0.2, 0) is 14.9 Å². The van der Waals surface area contributed by atoms with Crippen molar-refractivity contribution in [3.63, 3.8) is 0 Å². The molecule has 0 spiro atoms. The van der Waals surface area contributed by atoms with Crippen molar-refractivity contribution >= 4 is 17.5 Å². The number of amides is 2. The molecular formula is C21H24N2O3. The fourth-order valence-corrected chi connectivity index (χ4v) is 3.11. The summed E-state index contributed by atoms with van der Waals surface area (Å²) in [5.41, 5.74) is 2.88. The summed E-state index contributed by atoms with van der Waals surface area (Å²) < 4.78 is 4.97. The third-order valence-electron chi connectivity index (χ3n) is 4.86. The monoisotopic (exact) mass is 352 g/mol. The topological polar surface area (TPSA) is 67.4 Å². The summed E-state index contributed by atoms with van der Waals surface area (Å²) in [5, 5.41) is 5.84. The molecule has 136 valence electrons. The zero-order valence-corrected chi connectivity index (χ0v) is 15.2. The third kappa shape index (κ3) is 3.78. The van der Waals surface area contributed by atoms with Crippen LogP contribution in [0.4, 0.5) is 5.69 Å². The van der Waals surface area contributed by atoms with Crippen molar-refractivity contribution in [2.24, 2.45) is 0 Å².